The van der Waals surface area contributed by atoms with E-state index in [0.717, 1.165) is 9.54 Å². The Morgan fingerprint density at radius 1 is 1.21 bits per heavy atom. The number of rotatable bonds is 4. The fourth-order valence-corrected chi connectivity index (χ4v) is 3.88. The number of halogens is 1. The van der Waals surface area contributed by atoms with Crippen molar-refractivity contribution >= 4 is 38.7 Å². The number of hydrogen-bond acceptors (Lipinski definition) is 4. The van der Waals surface area contributed by atoms with Crippen molar-refractivity contribution in [1.29, 1.82) is 0 Å². The highest BCUT2D eigenvalue weighted by Gasteiger charge is 2.21. The molecule has 3 aromatic rings. The Balaban J connectivity index is 2.16. The molecule has 1 aromatic carbocycles. The highest BCUT2D eigenvalue weighted by atomic mass is 35.5. The van der Waals surface area contributed by atoms with Crippen LogP contribution in [0, 0.1) is 6.92 Å². The van der Waals surface area contributed by atoms with Gasteiger partial charge in [-0.2, -0.15) is 0 Å². The molecule has 0 saturated heterocycles. The molecule has 0 saturated carbocycles. The lowest BCUT2D eigenvalue weighted by atomic mass is 10.2. The quantitative estimate of drug-likeness (QED) is 0.661. The molecular weight excluding hydrogens is 348 g/mol. The van der Waals surface area contributed by atoms with E-state index >= 15 is 0 Å². The van der Waals surface area contributed by atoms with Gasteiger partial charge in [0.1, 0.15) is 0 Å². The molecule has 124 valence electrons. The Morgan fingerprint density at radius 2 is 1.92 bits per heavy atom. The van der Waals surface area contributed by atoms with E-state index in [1.165, 1.54) is 25.8 Å². The molecule has 2 aromatic heterocycles. The van der Waals surface area contributed by atoms with Crippen LogP contribution in [0.5, 0.6) is 0 Å². The van der Waals surface area contributed by atoms with Gasteiger partial charge in [-0.1, -0.05) is 29.3 Å². The minimum absolute atomic E-state index is 0.201. The zero-order valence-electron chi connectivity index (χ0n) is 13.1. The molecule has 7 heteroatoms. The Labute approximate surface area is 145 Å². The standard InChI is InChI=1S/C17H15ClN2O3S/c1-12-3-5-14(6-4-12)24(21,22)20-9-7-15-16(18)13(8-10-23-2)11-19-17(15)20/h3-11H,1-2H3/b10-8-. The van der Waals surface area contributed by atoms with Crippen LogP contribution in [0.15, 0.2) is 53.9 Å². The van der Waals surface area contributed by atoms with E-state index in [1.807, 2.05) is 6.92 Å². The summed E-state index contributed by atoms with van der Waals surface area (Å²) in [6.07, 6.45) is 6.12. The zero-order chi connectivity index (χ0) is 17.3. The van der Waals surface area contributed by atoms with Crippen molar-refractivity contribution in [2.24, 2.45) is 0 Å². The molecular formula is C17H15ClN2O3S. The molecule has 2 heterocycles. The van der Waals surface area contributed by atoms with Crippen LogP contribution in [0.1, 0.15) is 11.1 Å². The number of methoxy groups -OCH3 is 1. The predicted molar refractivity (Wildman–Crippen MR) is 94.5 cm³/mol. The molecule has 0 aliphatic heterocycles. The van der Waals surface area contributed by atoms with Crippen molar-refractivity contribution in [3.05, 3.63) is 65.1 Å². The van der Waals surface area contributed by atoms with Crippen molar-refractivity contribution in [1.82, 2.24) is 8.96 Å². The first-order chi connectivity index (χ1) is 11.4. The number of pyridine rings is 1. The average Bonchev–Trinajstić information content (AvgIpc) is 3.00. The maximum absolute atomic E-state index is 12.8. The van der Waals surface area contributed by atoms with Gasteiger partial charge in [0.2, 0.25) is 0 Å². The molecule has 0 fully saturated rings. The third-order valence-corrected chi connectivity index (χ3v) is 5.71. The summed E-state index contributed by atoms with van der Waals surface area (Å²) in [6, 6.07) is 8.31. The molecule has 0 spiro atoms. The lowest BCUT2D eigenvalue weighted by Gasteiger charge is -2.08. The van der Waals surface area contributed by atoms with Gasteiger partial charge in [0.05, 0.1) is 23.3 Å². The lowest BCUT2D eigenvalue weighted by molar-refractivity contribution is 0.341. The summed E-state index contributed by atoms with van der Waals surface area (Å²) >= 11 is 6.35. The maximum atomic E-state index is 12.8. The van der Waals surface area contributed by atoms with Gasteiger partial charge >= 0.3 is 0 Å². The van der Waals surface area contributed by atoms with Gasteiger partial charge < -0.3 is 4.74 Å². The van der Waals surface area contributed by atoms with E-state index < -0.39 is 10.0 Å². The van der Waals surface area contributed by atoms with Crippen LogP contribution in [-0.4, -0.2) is 24.5 Å². The van der Waals surface area contributed by atoms with E-state index in [-0.39, 0.29) is 10.5 Å². The normalized spacial score (nSPS) is 12.1. The van der Waals surface area contributed by atoms with Gasteiger partial charge in [0.15, 0.2) is 5.65 Å². The van der Waals surface area contributed by atoms with E-state index in [2.05, 4.69) is 4.98 Å². The molecule has 0 aliphatic carbocycles. The van der Waals surface area contributed by atoms with Crippen LogP contribution in [0.4, 0.5) is 0 Å². The molecule has 0 aliphatic rings. The van der Waals surface area contributed by atoms with E-state index in [9.17, 15) is 8.42 Å². The Hall–Kier alpha value is -2.31. The topological polar surface area (TPSA) is 61.2 Å². The predicted octanol–water partition coefficient (Wildman–Crippen LogP) is 3.85. The summed E-state index contributed by atoms with van der Waals surface area (Å²) in [4.78, 5) is 4.46. The number of nitrogens with zero attached hydrogens (tertiary/aromatic N) is 2. The first-order valence-electron chi connectivity index (χ1n) is 7.12. The van der Waals surface area contributed by atoms with Crippen LogP contribution in [-0.2, 0) is 14.8 Å². The fourth-order valence-electron chi connectivity index (χ4n) is 2.32. The van der Waals surface area contributed by atoms with Crippen LogP contribution < -0.4 is 0 Å². The Bertz CT molecular complexity index is 1020. The number of benzene rings is 1. The minimum atomic E-state index is -3.73. The van der Waals surface area contributed by atoms with Crippen molar-refractivity contribution < 1.29 is 13.2 Å². The maximum Gasteiger partial charge on any atom is 0.269 e. The SMILES string of the molecule is CO/C=C\c1cnc2c(ccn2S(=O)(=O)c2ccc(C)cc2)c1Cl. The van der Waals surface area contributed by atoms with Crippen LogP contribution >= 0.6 is 11.6 Å². The van der Waals surface area contributed by atoms with Crippen molar-refractivity contribution in [3.8, 4) is 0 Å². The molecule has 0 unspecified atom stereocenters. The van der Waals surface area contributed by atoms with Gasteiger partial charge in [-0.3, -0.25) is 0 Å². The Kier molecular flexibility index (Phi) is 4.34. The second kappa shape index (κ2) is 6.30. The first-order valence-corrected chi connectivity index (χ1v) is 8.94. The summed E-state index contributed by atoms with van der Waals surface area (Å²) < 4.78 is 31.7. The van der Waals surface area contributed by atoms with Gasteiger partial charge in [-0.25, -0.2) is 17.4 Å². The van der Waals surface area contributed by atoms with E-state index in [1.54, 1.807) is 36.4 Å². The summed E-state index contributed by atoms with van der Waals surface area (Å²) in [7, 11) is -2.20. The highest BCUT2D eigenvalue weighted by Crippen LogP contribution is 2.29. The van der Waals surface area contributed by atoms with Gasteiger partial charge in [-0.15, -0.1) is 0 Å². The highest BCUT2D eigenvalue weighted by molar-refractivity contribution is 7.90. The van der Waals surface area contributed by atoms with Crippen molar-refractivity contribution in [2.45, 2.75) is 11.8 Å². The zero-order valence-corrected chi connectivity index (χ0v) is 14.7. The third kappa shape index (κ3) is 2.79. The molecule has 24 heavy (non-hydrogen) atoms. The smallest absolute Gasteiger partial charge is 0.269 e. The van der Waals surface area contributed by atoms with Crippen molar-refractivity contribution in [3.63, 3.8) is 0 Å². The van der Waals surface area contributed by atoms with Crippen LogP contribution in [0.2, 0.25) is 5.02 Å². The summed E-state index contributed by atoms with van der Waals surface area (Å²) in [5.74, 6) is 0. The van der Waals surface area contributed by atoms with Gasteiger partial charge in [0.25, 0.3) is 10.0 Å². The number of fused-ring (bicyclic) bond motifs is 1. The van der Waals surface area contributed by atoms with Crippen LogP contribution in [0.3, 0.4) is 0 Å². The first kappa shape index (κ1) is 16.5. The molecule has 0 amide bonds. The largest absolute Gasteiger partial charge is 0.504 e. The molecule has 0 atom stereocenters. The summed E-state index contributed by atoms with van der Waals surface area (Å²) in [6.45, 7) is 1.90. The number of aromatic nitrogens is 2. The number of ether oxygens (including phenoxy) is 1. The van der Waals surface area contributed by atoms with Gasteiger partial charge in [-0.05, 0) is 31.2 Å². The number of hydrogen-bond donors (Lipinski definition) is 0. The van der Waals surface area contributed by atoms with E-state index in [4.69, 9.17) is 16.3 Å². The Morgan fingerprint density at radius 3 is 2.58 bits per heavy atom. The molecule has 0 radical (unpaired) electrons. The molecule has 5 nitrogen and oxygen atoms in total. The molecule has 3 rings (SSSR count). The fraction of sp³-hybridized carbons (Fsp3) is 0.118. The van der Waals surface area contributed by atoms with Crippen LogP contribution in [0.25, 0.3) is 17.1 Å². The molecule has 0 bridgehead atoms. The second-order valence-corrected chi connectivity index (χ2v) is 7.43. The summed E-state index contributed by atoms with van der Waals surface area (Å²) in [5.41, 5.74) is 1.92. The summed E-state index contributed by atoms with van der Waals surface area (Å²) in [5, 5.41) is 0.983. The average molecular weight is 363 g/mol. The lowest BCUT2D eigenvalue weighted by Crippen LogP contribution is -2.12. The third-order valence-electron chi connectivity index (χ3n) is 3.60. The monoisotopic (exact) mass is 362 g/mol. The van der Waals surface area contributed by atoms with E-state index in [0.29, 0.717) is 16.0 Å². The van der Waals surface area contributed by atoms with Crippen molar-refractivity contribution in [2.75, 3.05) is 7.11 Å². The molecule has 0 N–H and O–H groups in total. The van der Waals surface area contributed by atoms with Gasteiger partial charge in [0, 0.05) is 23.3 Å². The number of aryl methyl sites for hydroxylation is 1. The second-order valence-electron chi connectivity index (χ2n) is 5.23. The minimum Gasteiger partial charge on any atom is -0.504 e.